The smallest absolute Gasteiger partial charge is 0.495 e. The van der Waals surface area contributed by atoms with Crippen molar-refractivity contribution < 1.29 is 40.6 Å². The molecule has 0 aliphatic heterocycles. The van der Waals surface area contributed by atoms with Gasteiger partial charge in [-0.15, -0.1) is 13.2 Å². The molecule has 0 saturated carbocycles. The SMILES string of the molecule is COc1cccc(OC)c1S(=O)(=O)NC(=O)c1ccc(Cn2cccn2)c(OC(F)(F)F)n1. The van der Waals surface area contributed by atoms with Crippen LogP contribution in [-0.4, -0.2) is 49.7 Å². The van der Waals surface area contributed by atoms with Gasteiger partial charge in [-0.2, -0.15) is 5.10 Å². The van der Waals surface area contributed by atoms with Crippen LogP contribution < -0.4 is 18.9 Å². The van der Waals surface area contributed by atoms with Gasteiger partial charge >= 0.3 is 6.36 Å². The van der Waals surface area contributed by atoms with E-state index in [4.69, 9.17) is 9.47 Å². The van der Waals surface area contributed by atoms with Crippen molar-refractivity contribution in [2.24, 2.45) is 0 Å². The maximum Gasteiger partial charge on any atom is 0.574 e. The van der Waals surface area contributed by atoms with Crippen LogP contribution in [-0.2, 0) is 16.6 Å². The number of methoxy groups -OCH3 is 2. The lowest BCUT2D eigenvalue weighted by atomic mass is 10.2. The number of alkyl halides is 3. The largest absolute Gasteiger partial charge is 0.574 e. The highest BCUT2D eigenvalue weighted by Crippen LogP contribution is 2.33. The highest BCUT2D eigenvalue weighted by molar-refractivity contribution is 7.90. The second-order valence-electron chi connectivity index (χ2n) is 6.34. The van der Waals surface area contributed by atoms with Gasteiger partial charge in [-0.3, -0.25) is 9.48 Å². The molecular weight excluding hydrogens is 469 g/mol. The minimum Gasteiger partial charge on any atom is -0.495 e. The molecule has 14 heteroatoms. The molecule has 1 aromatic carbocycles. The summed E-state index contributed by atoms with van der Waals surface area (Å²) in [7, 11) is -2.12. The number of amides is 1. The zero-order chi connectivity index (χ0) is 24.2. The third-order valence-corrected chi connectivity index (χ3v) is 5.55. The minimum absolute atomic E-state index is 0.0400. The van der Waals surface area contributed by atoms with E-state index in [9.17, 15) is 26.4 Å². The van der Waals surface area contributed by atoms with E-state index in [1.807, 2.05) is 0 Å². The van der Waals surface area contributed by atoms with Crippen LogP contribution in [0, 0.1) is 0 Å². The van der Waals surface area contributed by atoms with Gasteiger partial charge in [0.15, 0.2) is 4.90 Å². The van der Waals surface area contributed by atoms with E-state index < -0.39 is 38.8 Å². The van der Waals surface area contributed by atoms with Crippen molar-refractivity contribution in [1.82, 2.24) is 19.5 Å². The van der Waals surface area contributed by atoms with E-state index in [-0.39, 0.29) is 23.6 Å². The number of nitrogens with one attached hydrogen (secondary N) is 1. The van der Waals surface area contributed by atoms with Crippen molar-refractivity contribution in [3.63, 3.8) is 0 Å². The number of carbonyl (C=O) groups is 1. The fourth-order valence-electron chi connectivity index (χ4n) is 2.79. The number of halogens is 3. The maximum absolute atomic E-state index is 12.9. The van der Waals surface area contributed by atoms with E-state index in [1.54, 1.807) is 10.8 Å². The Hall–Kier alpha value is -3.81. The molecule has 0 unspecified atom stereocenters. The third kappa shape index (κ3) is 5.71. The van der Waals surface area contributed by atoms with Crippen LogP contribution in [0.25, 0.3) is 0 Å². The Kier molecular flexibility index (Phi) is 6.76. The molecule has 3 rings (SSSR count). The molecule has 0 aliphatic rings. The Morgan fingerprint density at radius 3 is 2.30 bits per heavy atom. The van der Waals surface area contributed by atoms with Crippen molar-refractivity contribution in [3.05, 3.63) is 60.0 Å². The molecule has 0 atom stereocenters. The number of benzene rings is 1. The van der Waals surface area contributed by atoms with Crippen molar-refractivity contribution in [1.29, 1.82) is 0 Å². The van der Waals surface area contributed by atoms with Gasteiger partial charge in [0.25, 0.3) is 15.9 Å². The number of pyridine rings is 1. The van der Waals surface area contributed by atoms with E-state index in [0.717, 1.165) is 12.1 Å². The van der Waals surface area contributed by atoms with Gasteiger partial charge in [0.05, 0.1) is 20.8 Å². The molecule has 10 nitrogen and oxygen atoms in total. The molecule has 2 heterocycles. The van der Waals surface area contributed by atoms with Crippen LogP contribution in [0.1, 0.15) is 16.1 Å². The van der Waals surface area contributed by atoms with Gasteiger partial charge in [0.1, 0.15) is 17.2 Å². The van der Waals surface area contributed by atoms with Crippen molar-refractivity contribution in [2.75, 3.05) is 14.2 Å². The molecule has 1 N–H and O–H groups in total. The van der Waals surface area contributed by atoms with Crippen molar-refractivity contribution in [3.8, 4) is 17.4 Å². The molecular formula is C19H17F3N4O6S. The number of carbonyl (C=O) groups excluding carboxylic acids is 1. The van der Waals surface area contributed by atoms with Gasteiger partial charge in [0.2, 0.25) is 5.88 Å². The van der Waals surface area contributed by atoms with Crippen LogP contribution in [0.4, 0.5) is 13.2 Å². The standard InChI is InChI=1S/C19H17F3N4O6S/c1-30-14-5-3-6-15(31-2)16(14)33(28,29)25-17(27)13-8-7-12(11-26-10-4-9-23-26)18(24-13)32-19(20,21)22/h3-10H,11H2,1-2H3,(H,25,27). The first-order valence-corrected chi connectivity index (χ1v) is 10.5. The monoisotopic (exact) mass is 486 g/mol. The van der Waals surface area contributed by atoms with Crippen LogP contribution in [0.15, 0.2) is 53.7 Å². The fourth-order valence-corrected chi connectivity index (χ4v) is 4.07. The Balaban J connectivity index is 1.95. The predicted octanol–water partition coefficient (Wildman–Crippen LogP) is 2.36. The second-order valence-corrected chi connectivity index (χ2v) is 7.96. The average Bonchev–Trinajstić information content (AvgIpc) is 3.26. The van der Waals surface area contributed by atoms with Gasteiger partial charge in [-0.25, -0.2) is 18.1 Å². The summed E-state index contributed by atoms with van der Waals surface area (Å²) in [6.45, 7) is -0.135. The van der Waals surface area contributed by atoms with Crippen LogP contribution in [0.5, 0.6) is 17.4 Å². The molecule has 0 saturated heterocycles. The number of nitrogens with zero attached hydrogens (tertiary/aromatic N) is 3. The Bertz CT molecular complexity index is 1220. The third-order valence-electron chi connectivity index (χ3n) is 4.15. The molecule has 0 fully saturated rings. The Morgan fingerprint density at radius 1 is 1.09 bits per heavy atom. The molecule has 3 aromatic rings. The highest BCUT2D eigenvalue weighted by atomic mass is 32.2. The van der Waals surface area contributed by atoms with Crippen LogP contribution in [0.2, 0.25) is 0 Å². The summed E-state index contributed by atoms with van der Waals surface area (Å²) in [6, 6.07) is 7.92. The van der Waals surface area contributed by atoms with E-state index >= 15 is 0 Å². The first kappa shape index (κ1) is 23.8. The molecule has 2 aromatic heterocycles. The van der Waals surface area contributed by atoms with Crippen LogP contribution >= 0.6 is 0 Å². The fraction of sp³-hybridized carbons (Fsp3) is 0.211. The number of ether oxygens (including phenoxy) is 3. The zero-order valence-corrected chi connectivity index (χ0v) is 18.0. The number of rotatable bonds is 8. The number of hydrogen-bond acceptors (Lipinski definition) is 8. The van der Waals surface area contributed by atoms with Gasteiger partial charge in [-0.05, 0) is 30.3 Å². The minimum atomic E-state index is -5.10. The first-order chi connectivity index (χ1) is 15.5. The quantitative estimate of drug-likeness (QED) is 0.515. The Labute approximate surface area is 186 Å². The lowest BCUT2D eigenvalue weighted by molar-refractivity contribution is -0.276. The van der Waals surface area contributed by atoms with E-state index in [0.29, 0.717) is 0 Å². The molecule has 33 heavy (non-hydrogen) atoms. The Morgan fingerprint density at radius 2 is 1.76 bits per heavy atom. The summed E-state index contributed by atoms with van der Waals surface area (Å²) < 4.78 is 81.3. The first-order valence-electron chi connectivity index (χ1n) is 9.05. The van der Waals surface area contributed by atoms with Gasteiger partial charge in [-0.1, -0.05) is 6.07 Å². The number of aromatic nitrogens is 3. The van der Waals surface area contributed by atoms with E-state index in [1.165, 1.54) is 49.5 Å². The summed E-state index contributed by atoms with van der Waals surface area (Å²) >= 11 is 0. The molecule has 176 valence electrons. The van der Waals surface area contributed by atoms with E-state index in [2.05, 4.69) is 14.8 Å². The van der Waals surface area contributed by atoms with Gasteiger partial charge in [0, 0.05) is 18.0 Å². The second kappa shape index (κ2) is 9.36. The topological polar surface area (TPSA) is 122 Å². The molecule has 1 amide bonds. The van der Waals surface area contributed by atoms with Gasteiger partial charge < -0.3 is 14.2 Å². The highest BCUT2D eigenvalue weighted by Gasteiger charge is 2.34. The van der Waals surface area contributed by atoms with Crippen molar-refractivity contribution in [2.45, 2.75) is 17.8 Å². The molecule has 0 spiro atoms. The molecule has 0 aliphatic carbocycles. The predicted molar refractivity (Wildman–Crippen MR) is 106 cm³/mol. The summed E-state index contributed by atoms with van der Waals surface area (Å²) in [6.07, 6.45) is -2.17. The normalized spacial score (nSPS) is 11.7. The molecule has 0 bridgehead atoms. The zero-order valence-electron chi connectivity index (χ0n) is 17.2. The number of sulfonamides is 1. The lowest BCUT2D eigenvalue weighted by Gasteiger charge is -2.15. The average molecular weight is 486 g/mol. The maximum atomic E-state index is 12.9. The van der Waals surface area contributed by atoms with Crippen molar-refractivity contribution >= 4 is 15.9 Å². The summed E-state index contributed by atoms with van der Waals surface area (Å²) in [5.74, 6) is -2.44. The molecule has 0 radical (unpaired) electrons. The van der Waals surface area contributed by atoms with Crippen LogP contribution in [0.3, 0.4) is 0 Å². The lowest BCUT2D eigenvalue weighted by Crippen LogP contribution is -2.32. The summed E-state index contributed by atoms with van der Waals surface area (Å²) in [5.41, 5.74) is -0.669. The summed E-state index contributed by atoms with van der Waals surface area (Å²) in [5, 5.41) is 3.89. The summed E-state index contributed by atoms with van der Waals surface area (Å²) in [4.78, 5) is 15.7. The number of hydrogen-bond donors (Lipinski definition) is 1.